The summed E-state index contributed by atoms with van der Waals surface area (Å²) >= 11 is 5.84. The first-order valence-corrected chi connectivity index (χ1v) is 6.60. The van der Waals surface area contributed by atoms with E-state index in [1.165, 1.54) is 19.2 Å². The van der Waals surface area contributed by atoms with E-state index in [9.17, 15) is 9.59 Å². The van der Waals surface area contributed by atoms with Crippen LogP contribution in [0.5, 0.6) is 11.5 Å². The molecule has 0 bridgehead atoms. The van der Waals surface area contributed by atoms with Crippen LogP contribution in [0.25, 0.3) is 0 Å². The average molecular weight is 321 g/mol. The van der Waals surface area contributed by atoms with Crippen molar-refractivity contribution >= 4 is 29.3 Å². The standard InChI is InChI=1S/C15H13ClN2O4/c1-21-13-8-9(16)6-7-11(13)18-15(20)22-12-5-3-2-4-10(12)14(17)19/h2-8H,1H3,(H2,17,19)(H,18,20). The van der Waals surface area contributed by atoms with E-state index < -0.39 is 12.0 Å². The first kappa shape index (κ1) is 15.7. The number of rotatable bonds is 4. The molecule has 0 unspecified atom stereocenters. The first-order valence-electron chi connectivity index (χ1n) is 6.22. The number of nitrogens with one attached hydrogen (secondary N) is 1. The van der Waals surface area contributed by atoms with Crippen LogP contribution in [0.3, 0.4) is 0 Å². The fourth-order valence-electron chi connectivity index (χ4n) is 1.76. The van der Waals surface area contributed by atoms with E-state index in [1.807, 2.05) is 0 Å². The highest BCUT2D eigenvalue weighted by molar-refractivity contribution is 6.30. The van der Waals surface area contributed by atoms with Crippen LogP contribution >= 0.6 is 11.6 Å². The van der Waals surface area contributed by atoms with Crippen LogP contribution < -0.4 is 20.5 Å². The Morgan fingerprint density at radius 3 is 2.55 bits per heavy atom. The van der Waals surface area contributed by atoms with Crippen LogP contribution in [-0.4, -0.2) is 19.1 Å². The van der Waals surface area contributed by atoms with Crippen molar-refractivity contribution < 1.29 is 19.1 Å². The molecular weight excluding hydrogens is 308 g/mol. The quantitative estimate of drug-likeness (QED) is 0.905. The van der Waals surface area contributed by atoms with Crippen LogP contribution in [0.4, 0.5) is 10.5 Å². The van der Waals surface area contributed by atoms with E-state index in [1.54, 1.807) is 30.3 Å². The lowest BCUT2D eigenvalue weighted by Crippen LogP contribution is -2.20. The number of primary amides is 1. The second-order valence-corrected chi connectivity index (χ2v) is 4.66. The van der Waals surface area contributed by atoms with Gasteiger partial charge in [-0.1, -0.05) is 23.7 Å². The molecule has 0 aliphatic carbocycles. The number of carbonyl (C=O) groups is 2. The minimum absolute atomic E-state index is 0.0698. The molecule has 0 saturated carbocycles. The zero-order valence-corrected chi connectivity index (χ0v) is 12.4. The highest BCUT2D eigenvalue weighted by atomic mass is 35.5. The highest BCUT2D eigenvalue weighted by Gasteiger charge is 2.14. The third-order valence-corrected chi connectivity index (χ3v) is 2.99. The van der Waals surface area contributed by atoms with Gasteiger partial charge in [-0.3, -0.25) is 10.1 Å². The Morgan fingerprint density at radius 1 is 1.14 bits per heavy atom. The maximum absolute atomic E-state index is 11.9. The minimum atomic E-state index is -0.783. The Labute approximate surface area is 131 Å². The summed E-state index contributed by atoms with van der Waals surface area (Å²) in [7, 11) is 1.45. The van der Waals surface area contributed by atoms with E-state index in [2.05, 4.69) is 5.32 Å². The average Bonchev–Trinajstić information content (AvgIpc) is 2.49. The molecule has 2 amide bonds. The first-order chi connectivity index (χ1) is 10.5. The summed E-state index contributed by atoms with van der Waals surface area (Å²) in [6.07, 6.45) is -0.783. The topological polar surface area (TPSA) is 90.7 Å². The van der Waals surface area contributed by atoms with E-state index >= 15 is 0 Å². The van der Waals surface area contributed by atoms with Gasteiger partial charge >= 0.3 is 6.09 Å². The molecule has 0 atom stereocenters. The number of halogens is 1. The minimum Gasteiger partial charge on any atom is -0.495 e. The van der Waals surface area contributed by atoms with E-state index in [0.29, 0.717) is 16.5 Å². The van der Waals surface area contributed by atoms with Gasteiger partial charge in [-0.15, -0.1) is 0 Å². The Bertz CT molecular complexity index is 718. The number of hydrogen-bond acceptors (Lipinski definition) is 4. The molecule has 2 aromatic rings. The van der Waals surface area contributed by atoms with Crippen molar-refractivity contribution in [1.82, 2.24) is 0 Å². The van der Waals surface area contributed by atoms with Crippen molar-refractivity contribution in [3.8, 4) is 11.5 Å². The van der Waals surface area contributed by atoms with Gasteiger partial charge in [-0.25, -0.2) is 4.79 Å². The molecular formula is C15H13ClN2O4. The van der Waals surface area contributed by atoms with Gasteiger partial charge in [0.15, 0.2) is 0 Å². The number of benzene rings is 2. The summed E-state index contributed by atoms with van der Waals surface area (Å²) in [4.78, 5) is 23.2. The Kier molecular flexibility index (Phi) is 4.85. The summed E-state index contributed by atoms with van der Waals surface area (Å²) < 4.78 is 10.2. The van der Waals surface area contributed by atoms with Gasteiger partial charge in [0.2, 0.25) is 0 Å². The lowest BCUT2D eigenvalue weighted by Gasteiger charge is -2.11. The number of carbonyl (C=O) groups excluding carboxylic acids is 2. The fraction of sp³-hybridized carbons (Fsp3) is 0.0667. The van der Waals surface area contributed by atoms with Crippen molar-refractivity contribution in [1.29, 1.82) is 0 Å². The number of para-hydroxylation sites is 1. The van der Waals surface area contributed by atoms with Crippen molar-refractivity contribution in [2.45, 2.75) is 0 Å². The van der Waals surface area contributed by atoms with Gasteiger partial charge in [0.25, 0.3) is 5.91 Å². The number of ether oxygens (including phenoxy) is 2. The number of hydrogen-bond donors (Lipinski definition) is 2. The molecule has 114 valence electrons. The van der Waals surface area contributed by atoms with Gasteiger partial charge in [0.1, 0.15) is 11.5 Å². The van der Waals surface area contributed by atoms with E-state index in [4.69, 9.17) is 26.8 Å². The molecule has 6 nitrogen and oxygen atoms in total. The molecule has 0 aliphatic rings. The third kappa shape index (κ3) is 3.67. The number of amides is 2. The van der Waals surface area contributed by atoms with E-state index in [0.717, 1.165) is 0 Å². The summed E-state index contributed by atoms with van der Waals surface area (Å²) in [5.74, 6) is -0.236. The normalized spacial score (nSPS) is 9.91. The van der Waals surface area contributed by atoms with Crippen molar-refractivity contribution in [2.24, 2.45) is 5.73 Å². The molecule has 0 saturated heterocycles. The molecule has 0 aromatic heterocycles. The van der Waals surface area contributed by atoms with Crippen LogP contribution in [0, 0.1) is 0 Å². The second-order valence-electron chi connectivity index (χ2n) is 4.22. The fourth-order valence-corrected chi connectivity index (χ4v) is 1.92. The molecule has 22 heavy (non-hydrogen) atoms. The maximum Gasteiger partial charge on any atom is 0.417 e. The molecule has 3 N–H and O–H groups in total. The second kappa shape index (κ2) is 6.82. The lowest BCUT2D eigenvalue weighted by atomic mass is 10.2. The molecule has 0 fully saturated rings. The smallest absolute Gasteiger partial charge is 0.417 e. The summed E-state index contributed by atoms with van der Waals surface area (Å²) in [6.45, 7) is 0. The van der Waals surface area contributed by atoms with Crippen molar-refractivity contribution in [2.75, 3.05) is 12.4 Å². The highest BCUT2D eigenvalue weighted by Crippen LogP contribution is 2.28. The van der Waals surface area contributed by atoms with Gasteiger partial charge in [0, 0.05) is 11.1 Å². The zero-order chi connectivity index (χ0) is 16.1. The van der Waals surface area contributed by atoms with Crippen LogP contribution in [0.2, 0.25) is 5.02 Å². The molecule has 0 aliphatic heterocycles. The van der Waals surface area contributed by atoms with Crippen LogP contribution in [0.15, 0.2) is 42.5 Å². The lowest BCUT2D eigenvalue weighted by molar-refractivity contribution is 0.0998. The largest absolute Gasteiger partial charge is 0.495 e. The van der Waals surface area contributed by atoms with Gasteiger partial charge in [-0.2, -0.15) is 0 Å². The Hall–Kier alpha value is -2.73. The number of nitrogens with two attached hydrogens (primary N) is 1. The molecule has 0 heterocycles. The van der Waals surface area contributed by atoms with Gasteiger partial charge < -0.3 is 15.2 Å². The summed E-state index contributed by atoms with van der Waals surface area (Å²) in [6, 6.07) is 10.9. The number of anilines is 1. The Morgan fingerprint density at radius 2 is 1.86 bits per heavy atom. The van der Waals surface area contributed by atoms with Crippen molar-refractivity contribution in [3.63, 3.8) is 0 Å². The predicted octanol–water partition coefficient (Wildman–Crippen LogP) is 3.06. The molecule has 7 heteroatoms. The van der Waals surface area contributed by atoms with Crippen LogP contribution in [-0.2, 0) is 0 Å². The predicted molar refractivity (Wildman–Crippen MR) is 82.6 cm³/mol. The SMILES string of the molecule is COc1cc(Cl)ccc1NC(=O)Oc1ccccc1C(N)=O. The number of methoxy groups -OCH3 is 1. The molecule has 0 spiro atoms. The van der Waals surface area contributed by atoms with Gasteiger partial charge in [0.05, 0.1) is 18.4 Å². The molecule has 0 radical (unpaired) electrons. The van der Waals surface area contributed by atoms with Gasteiger partial charge in [-0.05, 0) is 24.3 Å². The zero-order valence-electron chi connectivity index (χ0n) is 11.6. The summed E-state index contributed by atoms with van der Waals surface area (Å²) in [5.41, 5.74) is 5.71. The van der Waals surface area contributed by atoms with Crippen molar-refractivity contribution in [3.05, 3.63) is 53.1 Å². The Balaban J connectivity index is 2.16. The summed E-state index contributed by atoms with van der Waals surface area (Å²) in [5, 5.41) is 2.97. The monoisotopic (exact) mass is 320 g/mol. The third-order valence-electron chi connectivity index (χ3n) is 2.76. The van der Waals surface area contributed by atoms with Crippen LogP contribution in [0.1, 0.15) is 10.4 Å². The molecule has 2 rings (SSSR count). The molecule has 2 aromatic carbocycles. The van der Waals surface area contributed by atoms with E-state index in [-0.39, 0.29) is 11.3 Å². The maximum atomic E-state index is 11.9.